The van der Waals surface area contributed by atoms with Crippen LogP contribution in [0, 0.1) is 0 Å². The molecule has 0 radical (unpaired) electrons. The summed E-state index contributed by atoms with van der Waals surface area (Å²) in [6, 6.07) is -0.818. The molecule has 0 spiro atoms. The number of carboxylic acid groups (broad SMARTS) is 1. The molecule has 3 nitrogen and oxygen atoms in total. The van der Waals surface area contributed by atoms with Gasteiger partial charge in [-0.25, -0.2) is 0 Å². The van der Waals surface area contributed by atoms with Crippen molar-refractivity contribution in [3.8, 4) is 0 Å². The highest BCUT2D eigenvalue weighted by Crippen LogP contribution is 2.35. The summed E-state index contributed by atoms with van der Waals surface area (Å²) in [5.74, 6) is -0.938. The molecular weight excluding hydrogens is 210 g/mol. The molecule has 1 saturated carbocycles. The predicted octanol–water partition coefficient (Wildman–Crippen LogP) is 1.45. The van der Waals surface area contributed by atoms with Crippen molar-refractivity contribution in [1.82, 2.24) is 0 Å². The Morgan fingerprint density at radius 1 is 1.38 bits per heavy atom. The highest BCUT2D eigenvalue weighted by Gasteiger charge is 2.38. The van der Waals surface area contributed by atoms with Gasteiger partial charge in [0.15, 0.2) is 0 Å². The third-order valence-electron chi connectivity index (χ3n) is 2.56. The van der Waals surface area contributed by atoms with Crippen molar-refractivity contribution in [2.75, 3.05) is 0 Å². The number of halogens is 1. The molecule has 0 heterocycles. The van der Waals surface area contributed by atoms with Gasteiger partial charge in [0.05, 0.1) is 0 Å². The third kappa shape index (κ3) is 3.04. The molecule has 1 aliphatic rings. The Hall–Kier alpha value is 0.0700. The van der Waals surface area contributed by atoms with Crippen LogP contribution in [0.2, 0.25) is 0 Å². The van der Waals surface area contributed by atoms with Crippen LogP contribution in [0.1, 0.15) is 32.1 Å². The molecule has 0 aromatic rings. The Morgan fingerprint density at radius 3 is 2.23 bits per heavy atom. The van der Waals surface area contributed by atoms with Crippen molar-refractivity contribution >= 4 is 31.0 Å². The quantitative estimate of drug-likeness (QED) is 0.624. The molecule has 78 valence electrons. The van der Waals surface area contributed by atoms with Crippen LogP contribution in [0.3, 0.4) is 0 Å². The van der Waals surface area contributed by atoms with Crippen molar-refractivity contribution < 1.29 is 9.90 Å². The van der Waals surface area contributed by atoms with Crippen molar-refractivity contribution in [3.05, 3.63) is 0 Å². The Bertz CT molecular complexity index is 183. The maximum atomic E-state index is 10.6. The minimum absolute atomic E-state index is 0. The van der Waals surface area contributed by atoms with E-state index in [-0.39, 0.29) is 12.4 Å². The molecule has 0 aromatic carbocycles. The first-order valence-electron chi connectivity index (χ1n) is 4.27. The molecule has 3 N–H and O–H groups in total. The molecule has 0 aromatic heterocycles. The van der Waals surface area contributed by atoms with Gasteiger partial charge in [0.1, 0.15) is 6.04 Å². The SMILES string of the molecule is Cl.NC(C(=O)O)C1(S)CCCCC1. The van der Waals surface area contributed by atoms with Crippen LogP contribution < -0.4 is 5.73 Å². The first kappa shape index (κ1) is 13.1. The van der Waals surface area contributed by atoms with E-state index in [1.165, 1.54) is 6.42 Å². The van der Waals surface area contributed by atoms with Crippen LogP contribution in [0.4, 0.5) is 0 Å². The molecule has 1 atom stereocenters. The van der Waals surface area contributed by atoms with Gasteiger partial charge in [-0.1, -0.05) is 19.3 Å². The minimum atomic E-state index is -0.938. The smallest absolute Gasteiger partial charge is 0.321 e. The van der Waals surface area contributed by atoms with E-state index in [0.717, 1.165) is 25.7 Å². The van der Waals surface area contributed by atoms with Gasteiger partial charge in [0.2, 0.25) is 0 Å². The molecule has 0 saturated heterocycles. The summed E-state index contributed by atoms with van der Waals surface area (Å²) in [7, 11) is 0. The molecule has 1 aliphatic carbocycles. The molecule has 1 unspecified atom stereocenters. The second-order valence-corrected chi connectivity index (χ2v) is 4.37. The van der Waals surface area contributed by atoms with Gasteiger partial charge in [-0.3, -0.25) is 4.79 Å². The fraction of sp³-hybridized carbons (Fsp3) is 0.875. The zero-order valence-electron chi connectivity index (χ0n) is 7.40. The lowest BCUT2D eigenvalue weighted by molar-refractivity contribution is -0.139. The van der Waals surface area contributed by atoms with Crippen molar-refractivity contribution in [2.24, 2.45) is 5.73 Å². The molecule has 0 aliphatic heterocycles. The van der Waals surface area contributed by atoms with Crippen molar-refractivity contribution in [1.29, 1.82) is 0 Å². The standard InChI is InChI=1S/C8H15NO2S.ClH/c9-6(7(10)11)8(12)4-2-1-3-5-8;/h6,12H,1-5,9H2,(H,10,11);1H. The molecule has 13 heavy (non-hydrogen) atoms. The normalized spacial score (nSPS) is 22.9. The van der Waals surface area contributed by atoms with Crippen LogP contribution in [-0.2, 0) is 4.79 Å². The van der Waals surface area contributed by atoms with Gasteiger partial charge in [-0.05, 0) is 12.8 Å². The molecule has 1 rings (SSSR count). The molecule has 0 bridgehead atoms. The maximum absolute atomic E-state index is 10.6. The monoisotopic (exact) mass is 225 g/mol. The minimum Gasteiger partial charge on any atom is -0.480 e. The number of carboxylic acids is 1. The number of carbonyl (C=O) groups is 1. The average Bonchev–Trinajstić information content (AvgIpc) is 2.04. The van der Waals surface area contributed by atoms with E-state index >= 15 is 0 Å². The highest BCUT2D eigenvalue weighted by atomic mass is 35.5. The molecule has 0 amide bonds. The van der Waals surface area contributed by atoms with Gasteiger partial charge in [0.25, 0.3) is 0 Å². The van der Waals surface area contributed by atoms with Gasteiger partial charge in [-0.15, -0.1) is 12.4 Å². The summed E-state index contributed by atoms with van der Waals surface area (Å²) in [5, 5.41) is 8.73. The first-order chi connectivity index (χ1) is 5.56. The summed E-state index contributed by atoms with van der Waals surface area (Å²) in [4.78, 5) is 10.6. The summed E-state index contributed by atoms with van der Waals surface area (Å²) in [6.07, 6.45) is 4.91. The lowest BCUT2D eigenvalue weighted by Crippen LogP contribution is -2.50. The van der Waals surface area contributed by atoms with Crippen LogP contribution in [0.15, 0.2) is 0 Å². The van der Waals surface area contributed by atoms with E-state index in [0.29, 0.717) is 0 Å². The predicted molar refractivity (Wildman–Crippen MR) is 57.7 cm³/mol. The number of hydrogen-bond acceptors (Lipinski definition) is 3. The van der Waals surface area contributed by atoms with Crippen LogP contribution in [-0.4, -0.2) is 21.9 Å². The van der Waals surface area contributed by atoms with Gasteiger partial charge < -0.3 is 10.8 Å². The Balaban J connectivity index is 0.00000144. The zero-order chi connectivity index (χ0) is 9.19. The summed E-state index contributed by atoms with van der Waals surface area (Å²) < 4.78 is -0.468. The van der Waals surface area contributed by atoms with Crippen molar-refractivity contribution in [2.45, 2.75) is 42.9 Å². The highest BCUT2D eigenvalue weighted by molar-refractivity contribution is 7.82. The fourth-order valence-corrected chi connectivity index (χ4v) is 2.13. The largest absolute Gasteiger partial charge is 0.480 e. The molecule has 1 fully saturated rings. The van der Waals surface area contributed by atoms with E-state index < -0.39 is 16.8 Å². The van der Waals surface area contributed by atoms with Gasteiger partial charge >= 0.3 is 5.97 Å². The lowest BCUT2D eigenvalue weighted by Gasteiger charge is -2.35. The fourth-order valence-electron chi connectivity index (χ4n) is 1.70. The second kappa shape index (κ2) is 5.08. The van der Waals surface area contributed by atoms with E-state index in [1.807, 2.05) is 0 Å². The Labute approximate surface area is 89.9 Å². The van der Waals surface area contributed by atoms with E-state index in [1.54, 1.807) is 0 Å². The van der Waals surface area contributed by atoms with Crippen LogP contribution >= 0.6 is 25.0 Å². The number of aliphatic carboxylic acids is 1. The number of hydrogen-bond donors (Lipinski definition) is 3. The van der Waals surface area contributed by atoms with E-state index in [9.17, 15) is 4.79 Å². The Morgan fingerprint density at radius 2 is 1.85 bits per heavy atom. The Kier molecular flexibility index (Phi) is 5.10. The topological polar surface area (TPSA) is 63.3 Å². The van der Waals surface area contributed by atoms with E-state index in [2.05, 4.69) is 12.6 Å². The molecule has 5 heteroatoms. The summed E-state index contributed by atoms with van der Waals surface area (Å²) in [5.41, 5.74) is 5.55. The van der Waals surface area contributed by atoms with Crippen molar-refractivity contribution in [3.63, 3.8) is 0 Å². The summed E-state index contributed by atoms with van der Waals surface area (Å²) >= 11 is 4.38. The lowest BCUT2D eigenvalue weighted by atomic mass is 9.83. The van der Waals surface area contributed by atoms with Gasteiger partial charge in [-0.2, -0.15) is 12.6 Å². The number of thiol groups is 1. The van der Waals surface area contributed by atoms with Crippen LogP contribution in [0.25, 0.3) is 0 Å². The number of rotatable bonds is 2. The first-order valence-corrected chi connectivity index (χ1v) is 4.72. The van der Waals surface area contributed by atoms with Gasteiger partial charge in [0, 0.05) is 4.75 Å². The van der Waals surface area contributed by atoms with Crippen LogP contribution in [0.5, 0.6) is 0 Å². The third-order valence-corrected chi connectivity index (χ3v) is 3.29. The summed E-state index contributed by atoms with van der Waals surface area (Å²) in [6.45, 7) is 0. The molecular formula is C8H16ClNO2S. The maximum Gasteiger partial charge on any atom is 0.321 e. The zero-order valence-corrected chi connectivity index (χ0v) is 9.11. The second-order valence-electron chi connectivity index (χ2n) is 3.48. The number of nitrogens with two attached hydrogens (primary N) is 1. The van der Waals surface area contributed by atoms with E-state index in [4.69, 9.17) is 10.8 Å². The average molecular weight is 226 g/mol.